The van der Waals surface area contributed by atoms with E-state index in [1.807, 2.05) is 80.6 Å². The summed E-state index contributed by atoms with van der Waals surface area (Å²) >= 11 is 3.58. The molecule has 1 amide bonds. The number of anilines is 2. The van der Waals surface area contributed by atoms with Gasteiger partial charge in [0.2, 0.25) is 5.95 Å². The number of fused-ring (bicyclic) bond motifs is 3. The number of carbonyl (C=O) groups is 1. The van der Waals surface area contributed by atoms with Gasteiger partial charge in [-0.15, -0.1) is 0 Å². The zero-order valence-electron chi connectivity index (χ0n) is 17.2. The van der Waals surface area contributed by atoms with Gasteiger partial charge in [-0.1, -0.05) is 57.9 Å². The molecule has 2 heterocycles. The molecule has 31 heavy (non-hydrogen) atoms. The monoisotopic (exact) mass is 472 g/mol. The van der Waals surface area contributed by atoms with E-state index in [1.165, 1.54) is 0 Å². The number of allylic oxidation sites excluding steroid dienone is 1. The van der Waals surface area contributed by atoms with Crippen LogP contribution in [0.2, 0.25) is 0 Å². The van der Waals surface area contributed by atoms with Crippen molar-refractivity contribution >= 4 is 44.5 Å². The van der Waals surface area contributed by atoms with Crippen molar-refractivity contribution in [2.24, 2.45) is 0 Å². The van der Waals surface area contributed by atoms with E-state index in [-0.39, 0.29) is 11.9 Å². The molecular weight excluding hydrogens is 452 g/mol. The molecule has 4 aromatic rings. The molecule has 1 aliphatic heterocycles. The zero-order valence-corrected chi connectivity index (χ0v) is 18.8. The van der Waals surface area contributed by atoms with Gasteiger partial charge < -0.3 is 10.6 Å². The molecule has 5 rings (SSSR count). The second kappa shape index (κ2) is 7.71. The molecule has 0 spiro atoms. The average molecular weight is 473 g/mol. The minimum atomic E-state index is -0.313. The maximum absolute atomic E-state index is 13.5. The van der Waals surface area contributed by atoms with Gasteiger partial charge in [0.25, 0.3) is 5.91 Å². The topological polar surface area (TPSA) is 59.0 Å². The summed E-state index contributed by atoms with van der Waals surface area (Å²) in [6, 6.07) is 23.6. The number of nitrogens with zero attached hydrogens (tertiary/aromatic N) is 2. The molecular formula is C25H21BrN4O. The number of aryl methyl sites for hydroxylation is 1. The Kier molecular flexibility index (Phi) is 4.87. The van der Waals surface area contributed by atoms with Crippen LogP contribution in [0.25, 0.3) is 11.0 Å². The lowest BCUT2D eigenvalue weighted by Gasteiger charge is -2.31. The first kappa shape index (κ1) is 19.6. The number of amides is 1. The summed E-state index contributed by atoms with van der Waals surface area (Å²) in [4.78, 5) is 18.3. The van der Waals surface area contributed by atoms with Crippen LogP contribution in [-0.4, -0.2) is 15.5 Å². The van der Waals surface area contributed by atoms with Gasteiger partial charge in [-0.25, -0.2) is 4.98 Å². The van der Waals surface area contributed by atoms with Gasteiger partial charge >= 0.3 is 0 Å². The molecule has 3 aromatic carbocycles. The number of imidazole rings is 1. The van der Waals surface area contributed by atoms with Crippen LogP contribution < -0.4 is 10.6 Å². The molecule has 2 N–H and O–H groups in total. The van der Waals surface area contributed by atoms with Gasteiger partial charge in [0.15, 0.2) is 0 Å². The van der Waals surface area contributed by atoms with E-state index in [9.17, 15) is 4.79 Å². The molecule has 1 atom stereocenters. The smallest absolute Gasteiger partial charge is 0.255 e. The highest BCUT2D eigenvalue weighted by Crippen LogP contribution is 2.40. The average Bonchev–Trinajstić information content (AvgIpc) is 3.12. The van der Waals surface area contributed by atoms with E-state index < -0.39 is 0 Å². The molecule has 0 aliphatic carbocycles. The number of benzene rings is 3. The third-order valence-corrected chi connectivity index (χ3v) is 6.04. The molecule has 0 saturated carbocycles. The normalized spacial score (nSPS) is 15.5. The molecule has 1 unspecified atom stereocenters. The lowest BCUT2D eigenvalue weighted by molar-refractivity contribution is -0.113. The van der Waals surface area contributed by atoms with Crippen LogP contribution in [0, 0.1) is 6.92 Å². The first-order chi connectivity index (χ1) is 15.0. The second-order valence-electron chi connectivity index (χ2n) is 7.74. The zero-order chi connectivity index (χ0) is 21.5. The Balaban J connectivity index is 1.66. The highest BCUT2D eigenvalue weighted by molar-refractivity contribution is 9.10. The molecule has 154 valence electrons. The summed E-state index contributed by atoms with van der Waals surface area (Å²) < 4.78 is 3.07. The summed E-state index contributed by atoms with van der Waals surface area (Å²) in [5.41, 5.74) is 6.24. The van der Waals surface area contributed by atoms with Crippen molar-refractivity contribution in [1.29, 1.82) is 0 Å². The predicted octanol–water partition coefficient (Wildman–Crippen LogP) is 6.03. The van der Waals surface area contributed by atoms with Crippen LogP contribution in [0.3, 0.4) is 0 Å². The number of nitrogens with one attached hydrogen (secondary N) is 2. The van der Waals surface area contributed by atoms with Crippen LogP contribution in [0.5, 0.6) is 0 Å². The number of para-hydroxylation sites is 2. The van der Waals surface area contributed by atoms with Gasteiger partial charge in [0.05, 0.1) is 22.6 Å². The third kappa shape index (κ3) is 3.53. The Morgan fingerprint density at radius 3 is 2.58 bits per heavy atom. The maximum Gasteiger partial charge on any atom is 0.255 e. The molecule has 5 nitrogen and oxygen atoms in total. The third-order valence-electron chi connectivity index (χ3n) is 5.55. The predicted molar refractivity (Wildman–Crippen MR) is 128 cm³/mol. The molecule has 1 aliphatic rings. The first-order valence-corrected chi connectivity index (χ1v) is 10.9. The number of hydrogen-bond acceptors (Lipinski definition) is 3. The van der Waals surface area contributed by atoms with Crippen LogP contribution >= 0.6 is 15.9 Å². The van der Waals surface area contributed by atoms with Crippen molar-refractivity contribution in [3.05, 3.63) is 99.7 Å². The van der Waals surface area contributed by atoms with Crippen LogP contribution in [0.15, 0.2) is 88.5 Å². The highest BCUT2D eigenvalue weighted by Gasteiger charge is 2.34. The number of hydrogen-bond donors (Lipinski definition) is 2. The summed E-state index contributed by atoms with van der Waals surface area (Å²) in [6.07, 6.45) is 0. The first-order valence-electron chi connectivity index (χ1n) is 10.1. The van der Waals surface area contributed by atoms with Gasteiger partial charge in [-0.3, -0.25) is 9.36 Å². The van der Waals surface area contributed by atoms with Gasteiger partial charge in [0, 0.05) is 15.9 Å². The molecule has 0 radical (unpaired) electrons. The fourth-order valence-electron chi connectivity index (χ4n) is 4.09. The molecule has 0 fully saturated rings. The van der Waals surface area contributed by atoms with E-state index in [4.69, 9.17) is 4.98 Å². The van der Waals surface area contributed by atoms with Gasteiger partial charge in [0.1, 0.15) is 0 Å². The Bertz CT molecular complexity index is 1340. The number of rotatable bonds is 3. The van der Waals surface area contributed by atoms with E-state index in [1.54, 1.807) is 0 Å². The molecule has 0 bridgehead atoms. The van der Waals surface area contributed by atoms with Crippen molar-refractivity contribution in [3.8, 4) is 0 Å². The van der Waals surface area contributed by atoms with Gasteiger partial charge in [-0.05, 0) is 55.8 Å². The Hall–Kier alpha value is -3.38. The standard InChI is InChI=1S/C25H21BrN4O/c1-15-10-12-19(13-11-15)28-24(31)22-16(2)27-25-29-20-8-3-4-9-21(20)30(25)23(22)17-6-5-7-18(26)14-17/h3-14,23H,1-2H3,(H,27,29)(H,28,31). The summed E-state index contributed by atoms with van der Waals surface area (Å²) in [5, 5.41) is 6.42. The Morgan fingerprint density at radius 2 is 1.81 bits per heavy atom. The fraction of sp³-hybridized carbons (Fsp3) is 0.120. The van der Waals surface area contributed by atoms with Crippen molar-refractivity contribution in [1.82, 2.24) is 9.55 Å². The lowest BCUT2D eigenvalue weighted by atomic mass is 9.94. The number of halogens is 1. The SMILES string of the molecule is CC1=C(C(=O)Nc2ccc(C)cc2)C(c2cccc(Br)c2)n2c(nc3ccccc32)N1. The summed E-state index contributed by atoms with van der Waals surface area (Å²) in [6.45, 7) is 3.95. The van der Waals surface area contributed by atoms with Crippen LogP contribution in [0.4, 0.5) is 11.6 Å². The van der Waals surface area contributed by atoms with Gasteiger partial charge in [-0.2, -0.15) is 0 Å². The van der Waals surface area contributed by atoms with E-state index in [0.29, 0.717) is 5.57 Å². The molecule has 6 heteroatoms. The van der Waals surface area contributed by atoms with E-state index in [2.05, 4.69) is 37.2 Å². The lowest BCUT2D eigenvalue weighted by Crippen LogP contribution is -2.30. The second-order valence-corrected chi connectivity index (χ2v) is 8.65. The molecule has 0 saturated heterocycles. The summed E-state index contributed by atoms with van der Waals surface area (Å²) in [5.74, 6) is 0.595. The maximum atomic E-state index is 13.5. The number of aromatic nitrogens is 2. The van der Waals surface area contributed by atoms with Crippen molar-refractivity contribution < 1.29 is 4.79 Å². The number of carbonyl (C=O) groups excluding carboxylic acids is 1. The van der Waals surface area contributed by atoms with Crippen molar-refractivity contribution in [2.75, 3.05) is 10.6 Å². The largest absolute Gasteiger partial charge is 0.329 e. The van der Waals surface area contributed by atoms with Crippen LogP contribution in [-0.2, 0) is 4.79 Å². The minimum absolute atomic E-state index is 0.137. The fourth-order valence-corrected chi connectivity index (χ4v) is 4.50. The van der Waals surface area contributed by atoms with Crippen molar-refractivity contribution in [2.45, 2.75) is 19.9 Å². The molecule has 1 aromatic heterocycles. The van der Waals surface area contributed by atoms with E-state index >= 15 is 0 Å². The Morgan fingerprint density at radius 1 is 1.03 bits per heavy atom. The van der Waals surface area contributed by atoms with E-state index in [0.717, 1.165) is 44.0 Å². The minimum Gasteiger partial charge on any atom is -0.329 e. The highest BCUT2D eigenvalue weighted by atomic mass is 79.9. The van der Waals surface area contributed by atoms with Crippen molar-refractivity contribution in [3.63, 3.8) is 0 Å². The summed E-state index contributed by atoms with van der Waals surface area (Å²) in [7, 11) is 0. The van der Waals surface area contributed by atoms with Crippen LogP contribution in [0.1, 0.15) is 24.1 Å². The quantitative estimate of drug-likeness (QED) is 0.382. The Labute approximate surface area is 188 Å².